The van der Waals surface area contributed by atoms with Crippen LogP contribution in [0.4, 0.5) is 4.39 Å². The zero-order valence-corrected chi connectivity index (χ0v) is 13.1. The number of benzene rings is 1. The fourth-order valence-electron chi connectivity index (χ4n) is 2.54. The topological polar surface area (TPSA) is 16.1 Å². The highest BCUT2D eigenvalue weighted by molar-refractivity contribution is 6.31. The van der Waals surface area contributed by atoms with Gasteiger partial charge >= 0.3 is 0 Å². The molecule has 0 aliphatic heterocycles. The quantitative estimate of drug-likeness (QED) is 0.795. The van der Waals surface area contributed by atoms with Gasteiger partial charge in [-0.3, -0.25) is 4.98 Å². The van der Waals surface area contributed by atoms with E-state index in [1.165, 1.54) is 17.7 Å². The van der Waals surface area contributed by atoms with E-state index in [2.05, 4.69) is 29.9 Å². The minimum atomic E-state index is -0.231. The predicted octanol–water partition coefficient (Wildman–Crippen LogP) is 4.18. The van der Waals surface area contributed by atoms with Crippen LogP contribution in [0.5, 0.6) is 0 Å². The molecular formula is C17H20ClFN2. The first kappa shape index (κ1) is 15.9. The molecular weight excluding hydrogens is 287 g/mol. The number of hydrogen-bond acceptors (Lipinski definition) is 2. The van der Waals surface area contributed by atoms with E-state index in [-0.39, 0.29) is 5.82 Å². The van der Waals surface area contributed by atoms with Gasteiger partial charge in [0, 0.05) is 30.5 Å². The Balaban J connectivity index is 1.89. The predicted molar refractivity (Wildman–Crippen MR) is 84.8 cm³/mol. The van der Waals surface area contributed by atoms with Crippen LogP contribution in [0.3, 0.4) is 0 Å². The molecule has 0 saturated carbocycles. The van der Waals surface area contributed by atoms with Gasteiger partial charge in [-0.2, -0.15) is 0 Å². The van der Waals surface area contributed by atoms with Crippen molar-refractivity contribution in [1.29, 1.82) is 0 Å². The second kappa shape index (κ2) is 7.53. The summed E-state index contributed by atoms with van der Waals surface area (Å²) >= 11 is 6.12. The van der Waals surface area contributed by atoms with Gasteiger partial charge in [-0.25, -0.2) is 4.39 Å². The minimum Gasteiger partial charge on any atom is -0.302 e. The van der Waals surface area contributed by atoms with Gasteiger partial charge in [0.15, 0.2) is 0 Å². The van der Waals surface area contributed by atoms with E-state index in [4.69, 9.17) is 11.6 Å². The lowest BCUT2D eigenvalue weighted by molar-refractivity contribution is 0.277. The number of aromatic nitrogens is 1. The fourth-order valence-corrected chi connectivity index (χ4v) is 2.73. The summed E-state index contributed by atoms with van der Waals surface area (Å²) in [6.45, 7) is 3.93. The molecule has 0 N–H and O–H groups in total. The average molecular weight is 307 g/mol. The third kappa shape index (κ3) is 5.10. The smallest absolute Gasteiger partial charge is 0.123 e. The summed E-state index contributed by atoms with van der Waals surface area (Å²) in [7, 11) is 2.08. The highest BCUT2D eigenvalue weighted by Gasteiger charge is 2.11. The molecule has 0 saturated heterocycles. The van der Waals surface area contributed by atoms with Gasteiger partial charge in [-0.05, 0) is 54.8 Å². The highest BCUT2D eigenvalue weighted by atomic mass is 35.5. The van der Waals surface area contributed by atoms with Crippen LogP contribution >= 0.6 is 11.6 Å². The van der Waals surface area contributed by atoms with Crippen LogP contribution in [-0.4, -0.2) is 23.5 Å². The van der Waals surface area contributed by atoms with Gasteiger partial charge in [0.2, 0.25) is 0 Å². The summed E-state index contributed by atoms with van der Waals surface area (Å²) in [5.74, 6) is 0.163. The Hall–Kier alpha value is -1.45. The summed E-state index contributed by atoms with van der Waals surface area (Å²) in [5, 5.41) is 0.637. The van der Waals surface area contributed by atoms with E-state index in [0.717, 1.165) is 25.1 Å². The van der Waals surface area contributed by atoms with Crippen LogP contribution < -0.4 is 0 Å². The number of halogens is 2. The van der Waals surface area contributed by atoms with Gasteiger partial charge in [-0.15, -0.1) is 0 Å². The van der Waals surface area contributed by atoms with Crippen molar-refractivity contribution in [2.24, 2.45) is 5.92 Å². The maximum Gasteiger partial charge on any atom is 0.123 e. The second-order valence-electron chi connectivity index (χ2n) is 5.60. The molecule has 1 aromatic heterocycles. The molecule has 2 aromatic rings. The molecule has 1 atom stereocenters. The Kier molecular flexibility index (Phi) is 5.71. The molecule has 0 radical (unpaired) electrons. The Morgan fingerprint density at radius 1 is 1.33 bits per heavy atom. The summed E-state index contributed by atoms with van der Waals surface area (Å²) in [6, 6.07) is 8.56. The van der Waals surface area contributed by atoms with Crippen molar-refractivity contribution in [3.8, 4) is 0 Å². The van der Waals surface area contributed by atoms with Crippen LogP contribution in [0.2, 0.25) is 5.02 Å². The first-order valence-electron chi connectivity index (χ1n) is 7.06. The van der Waals surface area contributed by atoms with Gasteiger partial charge in [-0.1, -0.05) is 24.6 Å². The molecule has 0 amide bonds. The van der Waals surface area contributed by atoms with Crippen molar-refractivity contribution >= 4 is 11.6 Å². The summed E-state index contributed by atoms with van der Waals surface area (Å²) < 4.78 is 13.3. The molecule has 0 bridgehead atoms. The van der Waals surface area contributed by atoms with Crippen LogP contribution in [0.25, 0.3) is 0 Å². The molecule has 2 nitrogen and oxygen atoms in total. The summed E-state index contributed by atoms with van der Waals surface area (Å²) in [6.07, 6.45) is 4.43. The highest BCUT2D eigenvalue weighted by Crippen LogP contribution is 2.21. The molecule has 112 valence electrons. The zero-order valence-electron chi connectivity index (χ0n) is 12.4. The molecule has 4 heteroatoms. The van der Waals surface area contributed by atoms with E-state index in [1.54, 1.807) is 12.3 Å². The summed E-state index contributed by atoms with van der Waals surface area (Å²) in [5.41, 5.74) is 2.06. The van der Waals surface area contributed by atoms with Crippen LogP contribution in [0, 0.1) is 11.7 Å². The number of nitrogens with zero attached hydrogens (tertiary/aromatic N) is 2. The Morgan fingerprint density at radius 2 is 2.14 bits per heavy atom. The average Bonchev–Trinajstić information content (AvgIpc) is 2.43. The molecule has 21 heavy (non-hydrogen) atoms. The first-order valence-corrected chi connectivity index (χ1v) is 7.44. The summed E-state index contributed by atoms with van der Waals surface area (Å²) in [4.78, 5) is 6.37. The maximum absolute atomic E-state index is 13.3. The van der Waals surface area contributed by atoms with E-state index in [9.17, 15) is 4.39 Å². The lowest BCUT2D eigenvalue weighted by Gasteiger charge is -2.21. The minimum absolute atomic E-state index is 0.231. The normalized spacial score (nSPS) is 12.6. The van der Waals surface area contributed by atoms with Gasteiger partial charge in [0.25, 0.3) is 0 Å². The van der Waals surface area contributed by atoms with Crippen LogP contribution in [-0.2, 0) is 13.0 Å². The Morgan fingerprint density at radius 3 is 2.86 bits per heavy atom. The molecule has 0 spiro atoms. The van der Waals surface area contributed by atoms with E-state index >= 15 is 0 Å². The Bertz CT molecular complexity index is 574. The third-order valence-electron chi connectivity index (χ3n) is 3.37. The Labute approximate surface area is 130 Å². The monoisotopic (exact) mass is 306 g/mol. The van der Waals surface area contributed by atoms with Gasteiger partial charge in [0.1, 0.15) is 5.82 Å². The second-order valence-corrected chi connectivity index (χ2v) is 6.01. The standard InChI is InChI=1S/C17H20ClFN2/c1-13(8-15-9-16(19)5-6-17(15)18)11-21(2)12-14-4-3-7-20-10-14/h3-7,9-10,13H,8,11-12H2,1-2H3. The lowest BCUT2D eigenvalue weighted by atomic mass is 10.0. The van der Waals surface area contributed by atoms with Crippen molar-refractivity contribution < 1.29 is 4.39 Å². The van der Waals surface area contributed by atoms with Crippen LogP contribution in [0.1, 0.15) is 18.1 Å². The largest absolute Gasteiger partial charge is 0.302 e. The van der Waals surface area contributed by atoms with E-state index in [1.807, 2.05) is 12.3 Å². The number of pyridine rings is 1. The SMILES string of the molecule is CC(Cc1cc(F)ccc1Cl)CN(C)Cc1cccnc1. The first-order chi connectivity index (χ1) is 10.0. The molecule has 1 heterocycles. The van der Waals surface area contributed by atoms with Crippen molar-refractivity contribution in [2.45, 2.75) is 19.9 Å². The van der Waals surface area contributed by atoms with Crippen molar-refractivity contribution in [3.05, 3.63) is 64.7 Å². The lowest BCUT2D eigenvalue weighted by Crippen LogP contribution is -2.25. The number of hydrogen-bond donors (Lipinski definition) is 0. The molecule has 1 aromatic carbocycles. The van der Waals surface area contributed by atoms with E-state index in [0.29, 0.717) is 10.9 Å². The maximum atomic E-state index is 13.3. The zero-order chi connectivity index (χ0) is 15.2. The van der Waals surface area contributed by atoms with Crippen molar-refractivity contribution in [2.75, 3.05) is 13.6 Å². The fraction of sp³-hybridized carbons (Fsp3) is 0.353. The van der Waals surface area contributed by atoms with Crippen molar-refractivity contribution in [1.82, 2.24) is 9.88 Å². The number of rotatable bonds is 6. The molecule has 0 aliphatic rings. The van der Waals surface area contributed by atoms with Gasteiger partial charge in [0.05, 0.1) is 0 Å². The van der Waals surface area contributed by atoms with Crippen molar-refractivity contribution in [3.63, 3.8) is 0 Å². The molecule has 0 aliphatic carbocycles. The van der Waals surface area contributed by atoms with Gasteiger partial charge < -0.3 is 4.90 Å². The van der Waals surface area contributed by atoms with Crippen LogP contribution in [0.15, 0.2) is 42.7 Å². The molecule has 2 rings (SSSR count). The van der Waals surface area contributed by atoms with E-state index < -0.39 is 0 Å². The third-order valence-corrected chi connectivity index (χ3v) is 3.74. The molecule has 0 fully saturated rings. The molecule has 1 unspecified atom stereocenters.